The molecule has 27 heavy (non-hydrogen) atoms. The summed E-state index contributed by atoms with van der Waals surface area (Å²) in [7, 11) is 1.50. The van der Waals surface area contributed by atoms with Crippen molar-refractivity contribution in [2.75, 3.05) is 12.4 Å². The molecule has 0 saturated carbocycles. The van der Waals surface area contributed by atoms with Gasteiger partial charge in [-0.05, 0) is 42.5 Å². The second kappa shape index (κ2) is 7.96. The number of methoxy groups -OCH3 is 1. The quantitative estimate of drug-likeness (QED) is 0.522. The molecule has 8 nitrogen and oxygen atoms in total. The van der Waals surface area contributed by atoms with E-state index in [1.165, 1.54) is 25.4 Å². The van der Waals surface area contributed by atoms with E-state index in [1.54, 1.807) is 48.5 Å². The van der Waals surface area contributed by atoms with Crippen molar-refractivity contribution in [3.8, 4) is 17.4 Å². The Morgan fingerprint density at radius 3 is 2.52 bits per heavy atom. The Bertz CT molecular complexity index is 973. The van der Waals surface area contributed by atoms with Crippen LogP contribution in [0.3, 0.4) is 0 Å². The third-order valence-corrected chi connectivity index (χ3v) is 3.63. The number of nitro groups is 1. The van der Waals surface area contributed by atoms with Crippen molar-refractivity contribution in [2.45, 2.75) is 0 Å². The molecule has 0 bridgehead atoms. The zero-order valence-corrected chi connectivity index (χ0v) is 14.3. The molecule has 8 heteroatoms. The molecule has 0 saturated heterocycles. The lowest BCUT2D eigenvalue weighted by atomic mass is 10.2. The van der Waals surface area contributed by atoms with Crippen molar-refractivity contribution in [1.82, 2.24) is 4.98 Å². The second-order valence-corrected chi connectivity index (χ2v) is 5.37. The highest BCUT2D eigenvalue weighted by atomic mass is 16.6. The monoisotopic (exact) mass is 365 g/mol. The number of pyridine rings is 1. The van der Waals surface area contributed by atoms with Crippen LogP contribution in [-0.2, 0) is 0 Å². The van der Waals surface area contributed by atoms with E-state index >= 15 is 0 Å². The number of carbonyl (C=O) groups excluding carboxylic acids is 1. The molecule has 3 aromatic rings. The molecule has 0 radical (unpaired) electrons. The molecule has 0 aliphatic rings. The third-order valence-electron chi connectivity index (χ3n) is 3.63. The van der Waals surface area contributed by atoms with Gasteiger partial charge in [0.2, 0.25) is 0 Å². The fourth-order valence-corrected chi connectivity index (χ4v) is 2.35. The second-order valence-electron chi connectivity index (χ2n) is 5.37. The van der Waals surface area contributed by atoms with Crippen molar-refractivity contribution in [3.05, 3.63) is 82.5 Å². The minimum Gasteiger partial charge on any atom is -0.496 e. The largest absolute Gasteiger partial charge is 0.496 e. The van der Waals surface area contributed by atoms with Gasteiger partial charge in [-0.25, -0.2) is 4.98 Å². The first-order valence-corrected chi connectivity index (χ1v) is 7.90. The molecule has 0 atom stereocenters. The summed E-state index contributed by atoms with van der Waals surface area (Å²) >= 11 is 0. The normalized spacial score (nSPS) is 10.1. The lowest BCUT2D eigenvalue weighted by Crippen LogP contribution is -2.12. The summed E-state index contributed by atoms with van der Waals surface area (Å²) in [5.74, 6) is 0.402. The van der Waals surface area contributed by atoms with E-state index < -0.39 is 4.92 Å². The van der Waals surface area contributed by atoms with Crippen LogP contribution in [0.5, 0.6) is 17.4 Å². The van der Waals surface area contributed by atoms with Gasteiger partial charge in [-0.1, -0.05) is 12.1 Å². The smallest absolute Gasteiger partial charge is 0.331 e. The Morgan fingerprint density at radius 1 is 1.07 bits per heavy atom. The number of benzene rings is 2. The van der Waals surface area contributed by atoms with E-state index in [0.29, 0.717) is 22.7 Å². The molecule has 0 aliphatic heterocycles. The molecular formula is C19H15N3O5. The van der Waals surface area contributed by atoms with Crippen LogP contribution < -0.4 is 14.8 Å². The summed E-state index contributed by atoms with van der Waals surface area (Å²) < 4.78 is 10.6. The molecular weight excluding hydrogens is 350 g/mol. The molecule has 1 N–H and O–H groups in total. The Morgan fingerprint density at radius 2 is 1.81 bits per heavy atom. The first kappa shape index (κ1) is 17.9. The number of amides is 1. The van der Waals surface area contributed by atoms with E-state index in [4.69, 9.17) is 9.47 Å². The van der Waals surface area contributed by atoms with Crippen molar-refractivity contribution in [2.24, 2.45) is 0 Å². The average molecular weight is 365 g/mol. The zero-order chi connectivity index (χ0) is 19.2. The van der Waals surface area contributed by atoms with Gasteiger partial charge in [-0.2, -0.15) is 0 Å². The predicted molar refractivity (Wildman–Crippen MR) is 98.4 cm³/mol. The maximum Gasteiger partial charge on any atom is 0.331 e. The molecule has 0 aliphatic carbocycles. The number of para-hydroxylation sites is 1. The van der Waals surface area contributed by atoms with Gasteiger partial charge >= 0.3 is 5.69 Å². The molecule has 1 aromatic heterocycles. The first-order chi connectivity index (χ1) is 13.1. The number of ether oxygens (including phenoxy) is 2. The minimum absolute atomic E-state index is 0.103. The molecule has 0 unspecified atom stereocenters. The lowest BCUT2D eigenvalue weighted by Gasteiger charge is -2.10. The van der Waals surface area contributed by atoms with Gasteiger partial charge in [0.05, 0.1) is 17.6 Å². The number of carbonyl (C=O) groups is 1. The minimum atomic E-state index is -0.565. The number of aromatic nitrogens is 1. The molecule has 2 aromatic carbocycles. The van der Waals surface area contributed by atoms with Gasteiger partial charge in [0.15, 0.2) is 0 Å². The topological polar surface area (TPSA) is 104 Å². The summed E-state index contributed by atoms with van der Waals surface area (Å²) in [6.07, 6.45) is 1.41. The standard InChI is InChI=1S/C19H15N3O5/c1-26-17-7-3-2-5-15(17)18(23)21-13-8-10-14(11-9-13)27-19-16(22(24)25)6-4-12-20-19/h2-12H,1H3,(H,21,23). The first-order valence-electron chi connectivity index (χ1n) is 7.90. The van der Waals surface area contributed by atoms with Crippen LogP contribution in [0.1, 0.15) is 10.4 Å². The number of nitrogens with zero attached hydrogens (tertiary/aromatic N) is 2. The van der Waals surface area contributed by atoms with Crippen LogP contribution in [0.25, 0.3) is 0 Å². The predicted octanol–water partition coefficient (Wildman–Crippen LogP) is 4.04. The van der Waals surface area contributed by atoms with Crippen LogP contribution >= 0.6 is 0 Å². The van der Waals surface area contributed by atoms with Gasteiger partial charge in [0.25, 0.3) is 11.8 Å². The highest BCUT2D eigenvalue weighted by molar-refractivity contribution is 6.06. The molecule has 0 spiro atoms. The van der Waals surface area contributed by atoms with E-state index in [-0.39, 0.29) is 17.5 Å². The molecule has 0 fully saturated rings. The summed E-state index contributed by atoms with van der Waals surface area (Å²) in [5, 5.41) is 13.8. The molecule has 136 valence electrons. The Kier molecular flexibility index (Phi) is 5.27. The zero-order valence-electron chi connectivity index (χ0n) is 14.3. The summed E-state index contributed by atoms with van der Waals surface area (Å²) in [6.45, 7) is 0. The van der Waals surface area contributed by atoms with Crippen LogP contribution in [0, 0.1) is 10.1 Å². The molecule has 1 heterocycles. The third kappa shape index (κ3) is 4.18. The number of hydrogen-bond donors (Lipinski definition) is 1. The van der Waals surface area contributed by atoms with Crippen LogP contribution in [0.2, 0.25) is 0 Å². The van der Waals surface area contributed by atoms with Crippen molar-refractivity contribution >= 4 is 17.3 Å². The Hall–Kier alpha value is -3.94. The van der Waals surface area contributed by atoms with E-state index in [2.05, 4.69) is 10.3 Å². The van der Waals surface area contributed by atoms with Gasteiger partial charge in [0, 0.05) is 18.0 Å². The van der Waals surface area contributed by atoms with E-state index in [0.717, 1.165) is 0 Å². The number of rotatable bonds is 6. The van der Waals surface area contributed by atoms with Crippen molar-refractivity contribution in [3.63, 3.8) is 0 Å². The van der Waals surface area contributed by atoms with Crippen LogP contribution in [0.4, 0.5) is 11.4 Å². The van der Waals surface area contributed by atoms with Gasteiger partial charge in [0.1, 0.15) is 11.5 Å². The molecule has 1 amide bonds. The summed E-state index contributed by atoms with van der Waals surface area (Å²) in [4.78, 5) is 26.7. The number of nitrogens with one attached hydrogen (secondary N) is 1. The Balaban J connectivity index is 1.73. The summed E-state index contributed by atoms with van der Waals surface area (Å²) in [5.41, 5.74) is 0.712. The highest BCUT2D eigenvalue weighted by Crippen LogP contribution is 2.29. The maximum atomic E-state index is 12.4. The fourth-order valence-electron chi connectivity index (χ4n) is 2.35. The number of anilines is 1. The SMILES string of the molecule is COc1ccccc1C(=O)Nc1ccc(Oc2ncccc2[N+](=O)[O-])cc1. The van der Waals surface area contributed by atoms with E-state index in [9.17, 15) is 14.9 Å². The van der Waals surface area contributed by atoms with E-state index in [1.807, 2.05) is 0 Å². The summed E-state index contributed by atoms with van der Waals surface area (Å²) in [6, 6.07) is 16.1. The maximum absolute atomic E-state index is 12.4. The van der Waals surface area contributed by atoms with Gasteiger partial charge < -0.3 is 14.8 Å². The Labute approximate surface area is 154 Å². The fraction of sp³-hybridized carbons (Fsp3) is 0.0526. The number of hydrogen-bond acceptors (Lipinski definition) is 6. The van der Waals surface area contributed by atoms with Gasteiger partial charge in [-0.3, -0.25) is 14.9 Å². The molecule has 3 rings (SSSR count). The van der Waals surface area contributed by atoms with Crippen LogP contribution in [0.15, 0.2) is 66.9 Å². The van der Waals surface area contributed by atoms with Crippen molar-refractivity contribution in [1.29, 1.82) is 0 Å². The van der Waals surface area contributed by atoms with Gasteiger partial charge in [-0.15, -0.1) is 0 Å². The van der Waals surface area contributed by atoms with Crippen molar-refractivity contribution < 1.29 is 19.2 Å². The highest BCUT2D eigenvalue weighted by Gasteiger charge is 2.16. The lowest BCUT2D eigenvalue weighted by molar-refractivity contribution is -0.386. The van der Waals surface area contributed by atoms with Crippen LogP contribution in [-0.4, -0.2) is 22.9 Å². The average Bonchev–Trinajstić information content (AvgIpc) is 2.69.